The van der Waals surface area contributed by atoms with Crippen molar-refractivity contribution in [3.63, 3.8) is 0 Å². The fourth-order valence-corrected chi connectivity index (χ4v) is 3.01. The molecule has 0 saturated carbocycles. The Morgan fingerprint density at radius 2 is 2.45 bits per heavy atom. The summed E-state index contributed by atoms with van der Waals surface area (Å²) in [5.74, 6) is 1.51. The van der Waals surface area contributed by atoms with Gasteiger partial charge in [0, 0.05) is 25.7 Å². The summed E-state index contributed by atoms with van der Waals surface area (Å²) in [7, 11) is 0. The third kappa shape index (κ3) is 3.45. The van der Waals surface area contributed by atoms with Gasteiger partial charge in [0.25, 0.3) is 0 Å². The third-order valence-electron chi connectivity index (χ3n) is 3.40. The fourth-order valence-electron chi connectivity index (χ4n) is 2.28. The molecule has 0 radical (unpaired) electrons. The average Bonchev–Trinajstić information content (AvgIpc) is 3.13. The zero-order valence-corrected chi connectivity index (χ0v) is 12.2. The molecule has 3 heterocycles. The van der Waals surface area contributed by atoms with Gasteiger partial charge in [-0.2, -0.15) is 0 Å². The van der Waals surface area contributed by atoms with E-state index < -0.39 is 0 Å². The van der Waals surface area contributed by atoms with Crippen LogP contribution in [0.4, 0.5) is 5.82 Å². The van der Waals surface area contributed by atoms with Crippen LogP contribution in [-0.2, 0) is 9.47 Å². The molecule has 0 aromatic carbocycles. The van der Waals surface area contributed by atoms with Gasteiger partial charge in [0.05, 0.1) is 18.6 Å². The van der Waals surface area contributed by atoms with Crippen molar-refractivity contribution < 1.29 is 9.47 Å². The number of aromatic nitrogens is 2. The Kier molecular flexibility index (Phi) is 4.78. The number of nitrogens with one attached hydrogen (secondary N) is 1. The monoisotopic (exact) mass is 293 g/mol. The summed E-state index contributed by atoms with van der Waals surface area (Å²) in [6, 6.07) is 2.05. The van der Waals surface area contributed by atoms with Crippen molar-refractivity contribution in [3.05, 3.63) is 17.8 Å². The molecule has 0 aliphatic carbocycles. The van der Waals surface area contributed by atoms with Gasteiger partial charge in [-0.25, -0.2) is 9.97 Å². The number of hydrogen-bond donors (Lipinski definition) is 1. The van der Waals surface area contributed by atoms with Crippen LogP contribution in [0, 0.1) is 5.92 Å². The smallest absolute Gasteiger partial charge is 0.138 e. The third-order valence-corrected chi connectivity index (χ3v) is 4.22. The summed E-state index contributed by atoms with van der Waals surface area (Å²) in [6.45, 7) is 4.21. The SMILES string of the molecule is c1nc(NCCCOCC2CCOC2)c2ccsc2n1. The highest BCUT2D eigenvalue weighted by Crippen LogP contribution is 2.23. The lowest BCUT2D eigenvalue weighted by Crippen LogP contribution is -2.12. The highest BCUT2D eigenvalue weighted by atomic mass is 32.1. The number of anilines is 1. The zero-order chi connectivity index (χ0) is 13.6. The molecule has 3 rings (SSSR count). The quantitative estimate of drug-likeness (QED) is 0.795. The van der Waals surface area contributed by atoms with Crippen molar-refractivity contribution in [1.82, 2.24) is 9.97 Å². The van der Waals surface area contributed by atoms with Crippen LogP contribution in [0.25, 0.3) is 10.2 Å². The van der Waals surface area contributed by atoms with Crippen LogP contribution in [0.2, 0.25) is 0 Å². The molecule has 20 heavy (non-hydrogen) atoms. The van der Waals surface area contributed by atoms with Crippen molar-refractivity contribution in [2.45, 2.75) is 12.8 Å². The maximum atomic E-state index is 5.68. The topological polar surface area (TPSA) is 56.3 Å². The molecule has 0 bridgehead atoms. The Morgan fingerprint density at radius 3 is 3.35 bits per heavy atom. The van der Waals surface area contributed by atoms with Crippen molar-refractivity contribution in [2.75, 3.05) is 38.3 Å². The summed E-state index contributed by atoms with van der Waals surface area (Å²) in [5.41, 5.74) is 0. The minimum Gasteiger partial charge on any atom is -0.381 e. The van der Waals surface area contributed by atoms with E-state index in [9.17, 15) is 0 Å². The average molecular weight is 293 g/mol. The van der Waals surface area contributed by atoms with Crippen LogP contribution in [0.1, 0.15) is 12.8 Å². The molecule has 1 saturated heterocycles. The molecule has 1 aliphatic heterocycles. The van der Waals surface area contributed by atoms with E-state index in [2.05, 4.69) is 21.4 Å². The van der Waals surface area contributed by atoms with E-state index in [4.69, 9.17) is 9.47 Å². The molecule has 0 spiro atoms. The summed E-state index contributed by atoms with van der Waals surface area (Å²) < 4.78 is 11.0. The zero-order valence-electron chi connectivity index (χ0n) is 11.4. The molecule has 1 unspecified atom stereocenters. The molecule has 5 nitrogen and oxygen atoms in total. The molecule has 1 aliphatic rings. The predicted molar refractivity (Wildman–Crippen MR) is 80.3 cm³/mol. The van der Waals surface area contributed by atoms with Gasteiger partial charge in [-0.1, -0.05) is 0 Å². The minimum atomic E-state index is 0.593. The van der Waals surface area contributed by atoms with Gasteiger partial charge in [0.1, 0.15) is 17.0 Å². The molecule has 0 amide bonds. The van der Waals surface area contributed by atoms with Gasteiger partial charge in [0.2, 0.25) is 0 Å². The standard InChI is InChI=1S/C14H19N3O2S/c1(5-18-8-11-2-6-19-9-11)4-15-13-12-3-7-20-14(12)17-10-16-13/h3,7,10-11H,1-2,4-6,8-9H2,(H,15,16,17). The lowest BCUT2D eigenvalue weighted by atomic mass is 10.1. The Morgan fingerprint density at radius 1 is 1.45 bits per heavy atom. The first kappa shape index (κ1) is 13.7. The largest absolute Gasteiger partial charge is 0.381 e. The van der Waals surface area contributed by atoms with E-state index in [1.807, 2.05) is 5.38 Å². The number of ether oxygens (including phenoxy) is 2. The molecular weight excluding hydrogens is 274 g/mol. The van der Waals surface area contributed by atoms with E-state index in [1.54, 1.807) is 17.7 Å². The molecule has 6 heteroatoms. The van der Waals surface area contributed by atoms with E-state index >= 15 is 0 Å². The Labute approximate surface area is 122 Å². The van der Waals surface area contributed by atoms with Gasteiger partial charge in [-0.15, -0.1) is 11.3 Å². The highest BCUT2D eigenvalue weighted by molar-refractivity contribution is 7.16. The highest BCUT2D eigenvalue weighted by Gasteiger charge is 2.15. The van der Waals surface area contributed by atoms with E-state index in [-0.39, 0.29) is 0 Å². The van der Waals surface area contributed by atoms with Gasteiger partial charge in [-0.3, -0.25) is 0 Å². The van der Waals surface area contributed by atoms with Crippen LogP contribution in [0.15, 0.2) is 17.8 Å². The normalized spacial score (nSPS) is 18.7. The second-order valence-corrected chi connectivity index (χ2v) is 5.84. The first-order valence-electron chi connectivity index (χ1n) is 7.01. The minimum absolute atomic E-state index is 0.593. The van der Waals surface area contributed by atoms with Gasteiger partial charge < -0.3 is 14.8 Å². The van der Waals surface area contributed by atoms with Gasteiger partial charge in [-0.05, 0) is 24.3 Å². The first-order valence-corrected chi connectivity index (χ1v) is 7.89. The first-order chi connectivity index (χ1) is 9.93. The summed E-state index contributed by atoms with van der Waals surface area (Å²) >= 11 is 1.64. The van der Waals surface area contributed by atoms with E-state index in [1.165, 1.54) is 0 Å². The van der Waals surface area contributed by atoms with E-state index in [0.717, 1.165) is 61.8 Å². The van der Waals surface area contributed by atoms with Crippen molar-refractivity contribution in [1.29, 1.82) is 0 Å². The maximum absolute atomic E-state index is 5.68. The van der Waals surface area contributed by atoms with Gasteiger partial charge >= 0.3 is 0 Å². The van der Waals surface area contributed by atoms with Crippen molar-refractivity contribution in [2.24, 2.45) is 5.92 Å². The lowest BCUT2D eigenvalue weighted by Gasteiger charge is -2.09. The molecule has 2 aromatic heterocycles. The van der Waals surface area contributed by atoms with Gasteiger partial charge in [0.15, 0.2) is 0 Å². The number of hydrogen-bond acceptors (Lipinski definition) is 6. The summed E-state index contributed by atoms with van der Waals surface area (Å²) in [6.07, 6.45) is 3.72. The number of thiophene rings is 1. The molecule has 108 valence electrons. The summed E-state index contributed by atoms with van der Waals surface area (Å²) in [4.78, 5) is 9.55. The number of nitrogens with zero attached hydrogens (tertiary/aromatic N) is 2. The van der Waals surface area contributed by atoms with Crippen molar-refractivity contribution >= 4 is 27.4 Å². The molecule has 2 aromatic rings. The molecule has 1 N–H and O–H groups in total. The number of rotatable bonds is 7. The lowest BCUT2D eigenvalue weighted by molar-refractivity contribution is 0.0897. The Balaban J connectivity index is 1.36. The number of fused-ring (bicyclic) bond motifs is 1. The predicted octanol–water partition coefficient (Wildman–Crippen LogP) is 2.55. The van der Waals surface area contributed by atoms with E-state index in [0.29, 0.717) is 5.92 Å². The Hall–Kier alpha value is -1.24. The van der Waals surface area contributed by atoms with Crippen LogP contribution in [0.3, 0.4) is 0 Å². The Bertz CT molecular complexity index is 540. The second kappa shape index (κ2) is 6.97. The summed E-state index contributed by atoms with van der Waals surface area (Å²) in [5, 5.41) is 6.49. The second-order valence-electron chi connectivity index (χ2n) is 4.95. The molecule has 1 fully saturated rings. The van der Waals surface area contributed by atoms with Crippen molar-refractivity contribution in [3.8, 4) is 0 Å². The maximum Gasteiger partial charge on any atom is 0.138 e. The molecule has 1 atom stereocenters. The van der Waals surface area contributed by atoms with Crippen LogP contribution in [0.5, 0.6) is 0 Å². The van der Waals surface area contributed by atoms with Crippen LogP contribution < -0.4 is 5.32 Å². The molecular formula is C14H19N3O2S. The van der Waals surface area contributed by atoms with Crippen LogP contribution in [-0.4, -0.2) is 42.9 Å². The fraction of sp³-hybridized carbons (Fsp3) is 0.571. The van der Waals surface area contributed by atoms with Crippen LogP contribution >= 0.6 is 11.3 Å².